The lowest BCUT2D eigenvalue weighted by Crippen LogP contribution is -2.23. The fourth-order valence-electron chi connectivity index (χ4n) is 2.48. The summed E-state index contributed by atoms with van der Waals surface area (Å²) in [5.74, 6) is 0.120. The summed E-state index contributed by atoms with van der Waals surface area (Å²) < 4.78 is 1.60. The molecule has 0 aliphatic carbocycles. The molecule has 0 saturated carbocycles. The Hall–Kier alpha value is -2.38. The molecule has 2 N–H and O–H groups in total. The van der Waals surface area contributed by atoms with Gasteiger partial charge in [-0.15, -0.1) is 17.9 Å². The lowest BCUT2D eigenvalue weighted by atomic mass is 10.1. The zero-order valence-electron chi connectivity index (χ0n) is 13.5. The van der Waals surface area contributed by atoms with E-state index in [-0.39, 0.29) is 17.9 Å². The SMILES string of the molecule is C=CCn1c(SCCC(N)=O)nc2scc(-c3ccccc3)c2c1=O. The predicted molar refractivity (Wildman–Crippen MR) is 104 cm³/mol. The van der Waals surface area contributed by atoms with E-state index in [4.69, 9.17) is 5.73 Å². The molecule has 25 heavy (non-hydrogen) atoms. The molecule has 7 heteroatoms. The number of benzene rings is 1. The maximum Gasteiger partial charge on any atom is 0.263 e. The van der Waals surface area contributed by atoms with Crippen molar-refractivity contribution in [3.05, 3.63) is 58.7 Å². The Labute approximate surface area is 153 Å². The normalized spacial score (nSPS) is 10.9. The van der Waals surface area contributed by atoms with Crippen molar-refractivity contribution in [2.24, 2.45) is 5.73 Å². The van der Waals surface area contributed by atoms with Gasteiger partial charge in [-0.25, -0.2) is 4.98 Å². The molecule has 0 bridgehead atoms. The van der Waals surface area contributed by atoms with Crippen molar-refractivity contribution in [2.45, 2.75) is 18.1 Å². The summed E-state index contributed by atoms with van der Waals surface area (Å²) in [6, 6.07) is 9.80. The summed E-state index contributed by atoms with van der Waals surface area (Å²) in [6.45, 7) is 4.09. The molecule has 0 unspecified atom stereocenters. The first kappa shape index (κ1) is 17.4. The fraction of sp³-hybridized carbons (Fsp3) is 0.167. The Kier molecular flexibility index (Phi) is 5.35. The number of amides is 1. The van der Waals surface area contributed by atoms with E-state index in [0.717, 1.165) is 11.1 Å². The van der Waals surface area contributed by atoms with Gasteiger partial charge in [0.15, 0.2) is 5.16 Å². The third-order valence-electron chi connectivity index (χ3n) is 3.63. The number of aromatic nitrogens is 2. The van der Waals surface area contributed by atoms with Crippen molar-refractivity contribution in [1.29, 1.82) is 0 Å². The van der Waals surface area contributed by atoms with Gasteiger partial charge in [-0.3, -0.25) is 14.2 Å². The first-order valence-corrected chi connectivity index (χ1v) is 9.57. The van der Waals surface area contributed by atoms with E-state index in [0.29, 0.717) is 27.7 Å². The smallest absolute Gasteiger partial charge is 0.263 e. The highest BCUT2D eigenvalue weighted by molar-refractivity contribution is 7.99. The average Bonchev–Trinajstić information content (AvgIpc) is 3.03. The fourth-order valence-corrected chi connectivity index (χ4v) is 4.43. The monoisotopic (exact) mass is 371 g/mol. The number of thioether (sulfide) groups is 1. The third kappa shape index (κ3) is 3.67. The second-order valence-corrected chi connectivity index (χ2v) is 7.28. The van der Waals surface area contributed by atoms with Gasteiger partial charge in [0.1, 0.15) is 4.83 Å². The number of nitrogens with two attached hydrogens (primary N) is 1. The molecule has 0 fully saturated rings. The Morgan fingerprint density at radius 3 is 2.80 bits per heavy atom. The van der Waals surface area contributed by atoms with Gasteiger partial charge in [0.2, 0.25) is 5.91 Å². The summed E-state index contributed by atoms with van der Waals surface area (Å²) in [5.41, 5.74) is 6.98. The number of fused-ring (bicyclic) bond motifs is 1. The van der Waals surface area contributed by atoms with Crippen LogP contribution in [0.25, 0.3) is 21.3 Å². The number of carbonyl (C=O) groups is 1. The summed E-state index contributed by atoms with van der Waals surface area (Å²) in [7, 11) is 0. The van der Waals surface area contributed by atoms with Gasteiger partial charge in [-0.05, 0) is 5.56 Å². The number of allylic oxidation sites excluding steroid dienone is 1. The maximum atomic E-state index is 13.1. The quantitative estimate of drug-likeness (QED) is 0.393. The van der Waals surface area contributed by atoms with Crippen molar-refractivity contribution >= 4 is 39.2 Å². The van der Waals surface area contributed by atoms with Gasteiger partial charge in [-0.1, -0.05) is 48.2 Å². The van der Waals surface area contributed by atoms with Crippen LogP contribution in [-0.2, 0) is 11.3 Å². The molecule has 128 valence electrons. The van der Waals surface area contributed by atoms with Crippen LogP contribution in [0, 0.1) is 0 Å². The van der Waals surface area contributed by atoms with E-state index in [1.165, 1.54) is 23.1 Å². The van der Waals surface area contributed by atoms with Crippen LogP contribution in [0.3, 0.4) is 0 Å². The molecule has 0 spiro atoms. The maximum absolute atomic E-state index is 13.1. The number of carbonyl (C=O) groups excluding carboxylic acids is 1. The highest BCUT2D eigenvalue weighted by Gasteiger charge is 2.16. The molecule has 0 atom stereocenters. The molecule has 0 saturated heterocycles. The minimum absolute atomic E-state index is 0.0911. The van der Waals surface area contributed by atoms with Crippen LogP contribution in [0.1, 0.15) is 6.42 Å². The summed E-state index contributed by atoms with van der Waals surface area (Å²) >= 11 is 2.81. The molecule has 2 heterocycles. The Balaban J connectivity index is 2.11. The Morgan fingerprint density at radius 2 is 2.12 bits per heavy atom. The summed E-state index contributed by atoms with van der Waals surface area (Å²) in [6.07, 6.45) is 1.91. The van der Waals surface area contributed by atoms with E-state index in [1.807, 2.05) is 35.7 Å². The van der Waals surface area contributed by atoms with E-state index >= 15 is 0 Å². The average molecular weight is 371 g/mol. The lowest BCUT2D eigenvalue weighted by Gasteiger charge is -2.10. The van der Waals surface area contributed by atoms with E-state index in [9.17, 15) is 9.59 Å². The Bertz CT molecular complexity index is 977. The van der Waals surface area contributed by atoms with Gasteiger partial charge in [0, 0.05) is 29.7 Å². The highest BCUT2D eigenvalue weighted by Crippen LogP contribution is 2.32. The highest BCUT2D eigenvalue weighted by atomic mass is 32.2. The molecule has 3 rings (SSSR count). The summed E-state index contributed by atoms with van der Waals surface area (Å²) in [5, 5.41) is 3.17. The van der Waals surface area contributed by atoms with Crippen LogP contribution in [0.5, 0.6) is 0 Å². The second kappa shape index (κ2) is 7.67. The van der Waals surface area contributed by atoms with Crippen molar-refractivity contribution in [1.82, 2.24) is 9.55 Å². The van der Waals surface area contributed by atoms with Crippen LogP contribution < -0.4 is 11.3 Å². The number of rotatable bonds is 7. The number of thiophene rings is 1. The first-order valence-electron chi connectivity index (χ1n) is 7.71. The van der Waals surface area contributed by atoms with Crippen molar-refractivity contribution < 1.29 is 4.79 Å². The standard InChI is InChI=1S/C18H17N3O2S2/c1-2-9-21-17(23)15-13(12-6-4-3-5-7-12)11-25-16(15)20-18(21)24-10-8-14(19)22/h2-7,11H,1,8-10H2,(H2,19,22). The van der Waals surface area contributed by atoms with Gasteiger partial charge < -0.3 is 5.73 Å². The van der Waals surface area contributed by atoms with E-state index in [2.05, 4.69) is 11.6 Å². The lowest BCUT2D eigenvalue weighted by molar-refractivity contribution is -0.117. The Morgan fingerprint density at radius 1 is 1.36 bits per heavy atom. The van der Waals surface area contributed by atoms with Crippen LogP contribution in [0.4, 0.5) is 0 Å². The van der Waals surface area contributed by atoms with Gasteiger partial charge in [0.25, 0.3) is 5.56 Å². The molecule has 0 aliphatic heterocycles. The van der Waals surface area contributed by atoms with Crippen LogP contribution >= 0.6 is 23.1 Å². The van der Waals surface area contributed by atoms with Crippen molar-refractivity contribution in [2.75, 3.05) is 5.75 Å². The van der Waals surface area contributed by atoms with E-state index in [1.54, 1.807) is 10.6 Å². The van der Waals surface area contributed by atoms with Crippen molar-refractivity contribution in [3.8, 4) is 11.1 Å². The number of nitrogens with zero attached hydrogens (tertiary/aromatic N) is 2. The van der Waals surface area contributed by atoms with E-state index < -0.39 is 0 Å². The molecule has 1 amide bonds. The molecular weight excluding hydrogens is 354 g/mol. The molecular formula is C18H17N3O2S2. The van der Waals surface area contributed by atoms with Crippen LogP contribution in [0.15, 0.2) is 58.3 Å². The third-order valence-corrected chi connectivity index (χ3v) is 5.49. The van der Waals surface area contributed by atoms with Crippen LogP contribution in [-0.4, -0.2) is 21.2 Å². The summed E-state index contributed by atoms with van der Waals surface area (Å²) in [4.78, 5) is 29.4. The zero-order chi connectivity index (χ0) is 17.8. The predicted octanol–water partition coefficient (Wildman–Crippen LogP) is 3.28. The molecule has 0 aliphatic rings. The molecule has 0 radical (unpaired) electrons. The second-order valence-electron chi connectivity index (χ2n) is 5.36. The molecule has 1 aromatic carbocycles. The minimum Gasteiger partial charge on any atom is -0.370 e. The van der Waals surface area contributed by atoms with Gasteiger partial charge >= 0.3 is 0 Å². The van der Waals surface area contributed by atoms with Crippen LogP contribution in [0.2, 0.25) is 0 Å². The molecule has 3 aromatic rings. The number of hydrogen-bond acceptors (Lipinski definition) is 5. The molecule has 2 aromatic heterocycles. The van der Waals surface area contributed by atoms with Gasteiger partial charge in [0.05, 0.1) is 5.39 Å². The largest absolute Gasteiger partial charge is 0.370 e. The zero-order valence-corrected chi connectivity index (χ0v) is 15.1. The number of hydrogen-bond donors (Lipinski definition) is 1. The first-order chi connectivity index (χ1) is 12.1. The van der Waals surface area contributed by atoms with Gasteiger partial charge in [-0.2, -0.15) is 0 Å². The number of primary amides is 1. The minimum atomic E-state index is -0.367. The topological polar surface area (TPSA) is 78.0 Å². The molecule has 5 nitrogen and oxygen atoms in total. The van der Waals surface area contributed by atoms with Crippen molar-refractivity contribution in [3.63, 3.8) is 0 Å².